The molecule has 0 aliphatic carbocycles. The molecule has 2 aromatic carbocycles. The third kappa shape index (κ3) is 4.36. The molecule has 0 spiro atoms. The van der Waals surface area contributed by atoms with E-state index in [-0.39, 0.29) is 12.7 Å². The second-order valence-electron chi connectivity index (χ2n) is 6.02. The quantitative estimate of drug-likeness (QED) is 0.727. The maximum absolute atomic E-state index is 12.1. The van der Waals surface area contributed by atoms with Gasteiger partial charge in [-0.05, 0) is 29.8 Å². The lowest BCUT2D eigenvalue weighted by Gasteiger charge is -2.19. The van der Waals surface area contributed by atoms with Crippen LogP contribution in [0.25, 0.3) is 0 Å². The molecule has 2 heterocycles. The molecule has 2 aromatic rings. The molecule has 0 fully saturated rings. The van der Waals surface area contributed by atoms with E-state index in [1.165, 1.54) is 0 Å². The fraction of sp³-hybridized carbons (Fsp3) is 0.316. The second kappa shape index (κ2) is 8.19. The molecule has 2 aliphatic heterocycles. The van der Waals surface area contributed by atoms with Gasteiger partial charge in [0.2, 0.25) is 12.7 Å². The second-order valence-corrected chi connectivity index (χ2v) is 7.53. The fourth-order valence-corrected chi connectivity index (χ4v) is 3.97. The average Bonchev–Trinajstić information content (AvgIpc) is 3.14. The summed E-state index contributed by atoms with van der Waals surface area (Å²) in [5.41, 5.74) is 1.75. The van der Waals surface area contributed by atoms with Crippen LogP contribution in [0.15, 0.2) is 30.3 Å². The maximum Gasteiger partial charge on any atom is 0.231 e. The smallest absolute Gasteiger partial charge is 0.231 e. The minimum atomic E-state index is -0.0390. The van der Waals surface area contributed by atoms with Gasteiger partial charge in [0.25, 0.3) is 0 Å². The van der Waals surface area contributed by atoms with Crippen molar-refractivity contribution in [3.8, 4) is 23.0 Å². The molecule has 142 valence electrons. The molecule has 0 saturated carbocycles. The number of carbonyl (C=O) groups is 1. The minimum absolute atomic E-state index is 0.0390. The largest absolute Gasteiger partial charge is 0.486 e. The van der Waals surface area contributed by atoms with E-state index in [0.29, 0.717) is 59.1 Å². The molecule has 0 aromatic heterocycles. The van der Waals surface area contributed by atoms with Crippen molar-refractivity contribution in [2.75, 3.05) is 31.1 Å². The number of rotatable bonds is 6. The summed E-state index contributed by atoms with van der Waals surface area (Å²) in [6.07, 6.45) is 0.414. The van der Waals surface area contributed by atoms with Gasteiger partial charge >= 0.3 is 0 Å². The summed E-state index contributed by atoms with van der Waals surface area (Å²) in [6.45, 7) is 1.26. The van der Waals surface area contributed by atoms with Crippen molar-refractivity contribution in [3.05, 3.63) is 40.9 Å². The third-order valence-corrected chi connectivity index (χ3v) is 5.37. The van der Waals surface area contributed by atoms with Crippen LogP contribution in [0, 0.1) is 0 Å². The lowest BCUT2D eigenvalue weighted by molar-refractivity contribution is -0.115. The molecular formula is C19H18ClNO5S. The Morgan fingerprint density at radius 3 is 2.78 bits per heavy atom. The minimum Gasteiger partial charge on any atom is -0.486 e. The van der Waals surface area contributed by atoms with Crippen LogP contribution in [-0.2, 0) is 10.5 Å². The number of hydrogen-bond donors (Lipinski definition) is 1. The highest BCUT2D eigenvalue weighted by Gasteiger charge is 2.18. The number of benzene rings is 2. The van der Waals surface area contributed by atoms with E-state index in [1.807, 2.05) is 24.3 Å². The predicted octanol–water partition coefficient (Wildman–Crippen LogP) is 4.10. The standard InChI is InChI=1S/C19H18ClNO5S/c20-14-7-12(8-17-19(14)26-11-25-17)10-27-6-3-18(22)21-13-1-2-15-16(9-13)24-5-4-23-15/h1-2,7-9H,3-6,10-11H2,(H,21,22). The molecule has 0 bridgehead atoms. The van der Waals surface area contributed by atoms with Crippen LogP contribution >= 0.6 is 23.4 Å². The molecule has 27 heavy (non-hydrogen) atoms. The van der Waals surface area contributed by atoms with Crippen molar-refractivity contribution in [2.45, 2.75) is 12.2 Å². The van der Waals surface area contributed by atoms with Crippen LogP contribution in [0.5, 0.6) is 23.0 Å². The monoisotopic (exact) mass is 407 g/mol. The Morgan fingerprint density at radius 1 is 1.04 bits per heavy atom. The van der Waals surface area contributed by atoms with Gasteiger partial charge < -0.3 is 24.3 Å². The Hall–Kier alpha value is -2.25. The molecule has 6 nitrogen and oxygen atoms in total. The summed E-state index contributed by atoms with van der Waals surface area (Å²) in [7, 11) is 0. The Morgan fingerprint density at radius 2 is 1.89 bits per heavy atom. The van der Waals surface area contributed by atoms with Crippen molar-refractivity contribution in [1.82, 2.24) is 0 Å². The van der Waals surface area contributed by atoms with Gasteiger partial charge in [-0.25, -0.2) is 0 Å². The van der Waals surface area contributed by atoms with Gasteiger partial charge in [0.1, 0.15) is 13.2 Å². The first-order valence-electron chi connectivity index (χ1n) is 8.54. The average molecular weight is 408 g/mol. The Kier molecular flexibility index (Phi) is 5.50. The van der Waals surface area contributed by atoms with Gasteiger partial charge in [0, 0.05) is 29.7 Å². The zero-order valence-electron chi connectivity index (χ0n) is 14.5. The van der Waals surface area contributed by atoms with Crippen LogP contribution in [0.1, 0.15) is 12.0 Å². The summed E-state index contributed by atoms with van der Waals surface area (Å²) in [5, 5.41) is 3.44. The van der Waals surface area contributed by atoms with E-state index in [2.05, 4.69) is 5.32 Å². The number of amides is 1. The molecule has 0 saturated heterocycles. The third-order valence-electron chi connectivity index (χ3n) is 4.06. The molecular weight excluding hydrogens is 390 g/mol. The van der Waals surface area contributed by atoms with Gasteiger partial charge in [0.05, 0.1) is 5.02 Å². The lowest BCUT2D eigenvalue weighted by Crippen LogP contribution is -2.16. The van der Waals surface area contributed by atoms with Crippen LogP contribution in [0.2, 0.25) is 5.02 Å². The van der Waals surface area contributed by atoms with Crippen LogP contribution in [-0.4, -0.2) is 31.7 Å². The molecule has 0 unspecified atom stereocenters. The highest BCUT2D eigenvalue weighted by Crippen LogP contribution is 2.40. The van der Waals surface area contributed by atoms with Crippen LogP contribution in [0.3, 0.4) is 0 Å². The molecule has 1 N–H and O–H groups in total. The molecule has 0 radical (unpaired) electrons. The van der Waals surface area contributed by atoms with Gasteiger partial charge in [-0.15, -0.1) is 0 Å². The molecule has 4 rings (SSSR count). The molecule has 2 aliphatic rings. The number of anilines is 1. The van der Waals surface area contributed by atoms with Gasteiger partial charge in [-0.2, -0.15) is 11.8 Å². The summed E-state index contributed by atoms with van der Waals surface area (Å²) >= 11 is 7.84. The summed E-state index contributed by atoms with van der Waals surface area (Å²) in [6, 6.07) is 9.21. The summed E-state index contributed by atoms with van der Waals surface area (Å²) < 4.78 is 21.7. The first-order chi connectivity index (χ1) is 13.2. The normalized spacial score (nSPS) is 14.1. The molecule has 8 heteroatoms. The molecule has 1 amide bonds. The Balaban J connectivity index is 1.24. The van der Waals surface area contributed by atoms with E-state index < -0.39 is 0 Å². The topological polar surface area (TPSA) is 66.0 Å². The highest BCUT2D eigenvalue weighted by molar-refractivity contribution is 7.98. The van der Waals surface area contributed by atoms with Crippen molar-refractivity contribution in [1.29, 1.82) is 0 Å². The van der Waals surface area contributed by atoms with Crippen LogP contribution in [0.4, 0.5) is 5.69 Å². The van der Waals surface area contributed by atoms with Gasteiger partial charge in [-0.1, -0.05) is 11.6 Å². The SMILES string of the molecule is O=C(CCSCc1cc(Cl)c2c(c1)OCO2)Nc1ccc2c(c1)OCCO2. The lowest BCUT2D eigenvalue weighted by atomic mass is 10.2. The number of fused-ring (bicyclic) bond motifs is 2. The van der Waals surface area contributed by atoms with Crippen LogP contribution < -0.4 is 24.3 Å². The highest BCUT2D eigenvalue weighted by atomic mass is 35.5. The number of hydrogen-bond acceptors (Lipinski definition) is 6. The van der Waals surface area contributed by atoms with E-state index in [1.54, 1.807) is 17.8 Å². The van der Waals surface area contributed by atoms with Gasteiger partial charge in [-0.3, -0.25) is 4.79 Å². The summed E-state index contributed by atoms with van der Waals surface area (Å²) in [4.78, 5) is 12.1. The van der Waals surface area contributed by atoms with Crippen molar-refractivity contribution >= 4 is 35.0 Å². The van der Waals surface area contributed by atoms with E-state index in [0.717, 1.165) is 11.3 Å². The van der Waals surface area contributed by atoms with E-state index >= 15 is 0 Å². The van der Waals surface area contributed by atoms with Crippen molar-refractivity contribution in [3.63, 3.8) is 0 Å². The Bertz CT molecular complexity index is 860. The zero-order chi connectivity index (χ0) is 18.6. The molecule has 0 atom stereocenters. The fourth-order valence-electron chi connectivity index (χ4n) is 2.80. The number of carbonyl (C=O) groups excluding carboxylic acids is 1. The zero-order valence-corrected chi connectivity index (χ0v) is 16.0. The number of ether oxygens (including phenoxy) is 4. The first-order valence-corrected chi connectivity index (χ1v) is 10.1. The van der Waals surface area contributed by atoms with Crippen molar-refractivity contribution in [2.24, 2.45) is 0 Å². The van der Waals surface area contributed by atoms with Gasteiger partial charge in [0.15, 0.2) is 23.0 Å². The predicted molar refractivity (Wildman–Crippen MR) is 104 cm³/mol. The van der Waals surface area contributed by atoms with E-state index in [9.17, 15) is 4.79 Å². The van der Waals surface area contributed by atoms with Crippen molar-refractivity contribution < 1.29 is 23.7 Å². The Labute approximate surface area is 166 Å². The first kappa shape index (κ1) is 18.1. The summed E-state index contributed by atoms with van der Waals surface area (Å²) in [5.74, 6) is 4.04. The maximum atomic E-state index is 12.1. The number of halogens is 1. The number of thioether (sulfide) groups is 1. The van der Waals surface area contributed by atoms with E-state index in [4.69, 9.17) is 30.5 Å². The number of nitrogens with one attached hydrogen (secondary N) is 1.